The van der Waals surface area contributed by atoms with Crippen LogP contribution in [0.1, 0.15) is 34.0 Å². The molecule has 1 aromatic heterocycles. The van der Waals surface area contributed by atoms with E-state index in [1.54, 1.807) is 30.7 Å². The maximum atomic E-state index is 13.3. The lowest BCUT2D eigenvalue weighted by Crippen LogP contribution is -2.24. The molecule has 0 bridgehead atoms. The maximum Gasteiger partial charge on any atom is 0.262 e. The van der Waals surface area contributed by atoms with Gasteiger partial charge in [0.15, 0.2) is 10.9 Å². The van der Waals surface area contributed by atoms with Crippen LogP contribution in [0.2, 0.25) is 0 Å². The normalized spacial score (nSPS) is 11.0. The Bertz CT molecular complexity index is 1340. The summed E-state index contributed by atoms with van der Waals surface area (Å²) in [6.07, 6.45) is 0. The van der Waals surface area contributed by atoms with E-state index in [9.17, 15) is 9.59 Å². The highest BCUT2D eigenvalue weighted by molar-refractivity contribution is 7.98. The van der Waals surface area contributed by atoms with Crippen LogP contribution in [0.3, 0.4) is 0 Å². The summed E-state index contributed by atoms with van der Waals surface area (Å²) in [6, 6.07) is 21.0. The van der Waals surface area contributed by atoms with E-state index in [4.69, 9.17) is 9.72 Å². The van der Waals surface area contributed by atoms with Crippen molar-refractivity contribution in [3.63, 3.8) is 0 Å². The smallest absolute Gasteiger partial charge is 0.262 e. The van der Waals surface area contributed by atoms with Gasteiger partial charge in [0, 0.05) is 16.9 Å². The van der Waals surface area contributed by atoms with Crippen molar-refractivity contribution in [2.75, 3.05) is 7.11 Å². The highest BCUT2D eigenvalue weighted by Gasteiger charge is 2.14. The summed E-state index contributed by atoms with van der Waals surface area (Å²) < 4.78 is 7.21. The summed E-state index contributed by atoms with van der Waals surface area (Å²) in [7, 11) is 1.61. The summed E-state index contributed by atoms with van der Waals surface area (Å²) in [5.74, 6) is 1.22. The van der Waals surface area contributed by atoms with E-state index in [2.05, 4.69) is 0 Å². The lowest BCUT2D eigenvalue weighted by Gasteiger charge is -2.15. The highest BCUT2D eigenvalue weighted by atomic mass is 32.2. The second-order valence-electron chi connectivity index (χ2n) is 7.66. The number of thioether (sulfide) groups is 1. The fourth-order valence-corrected chi connectivity index (χ4v) is 4.50. The number of hydrogen-bond acceptors (Lipinski definition) is 5. The number of methoxy groups -OCH3 is 1. The number of carbonyl (C=O) groups is 1. The number of benzene rings is 3. The van der Waals surface area contributed by atoms with Gasteiger partial charge in [0.2, 0.25) is 0 Å². The summed E-state index contributed by atoms with van der Waals surface area (Å²) >= 11 is 1.46. The molecule has 0 aliphatic carbocycles. The third kappa shape index (κ3) is 4.60. The first-order chi connectivity index (χ1) is 15.5. The van der Waals surface area contributed by atoms with Crippen molar-refractivity contribution in [1.82, 2.24) is 9.55 Å². The van der Waals surface area contributed by atoms with Gasteiger partial charge in [0.05, 0.1) is 24.6 Å². The highest BCUT2D eigenvalue weighted by Crippen LogP contribution is 2.29. The number of carbonyl (C=O) groups excluding carboxylic acids is 1. The van der Waals surface area contributed by atoms with E-state index in [-0.39, 0.29) is 11.3 Å². The van der Waals surface area contributed by atoms with Gasteiger partial charge >= 0.3 is 0 Å². The zero-order chi connectivity index (χ0) is 22.7. The Morgan fingerprint density at radius 2 is 1.81 bits per heavy atom. The minimum atomic E-state index is -0.0665. The fourth-order valence-electron chi connectivity index (χ4n) is 3.53. The molecule has 0 radical (unpaired) electrons. The molecule has 162 valence electrons. The number of ketones is 1. The van der Waals surface area contributed by atoms with Crippen LogP contribution in [0.25, 0.3) is 10.9 Å². The van der Waals surface area contributed by atoms with Gasteiger partial charge in [0.25, 0.3) is 5.56 Å². The average Bonchev–Trinajstić information content (AvgIpc) is 2.80. The topological polar surface area (TPSA) is 61.2 Å². The fraction of sp³-hybridized carbons (Fsp3) is 0.192. The predicted molar refractivity (Wildman–Crippen MR) is 129 cm³/mol. The zero-order valence-electron chi connectivity index (χ0n) is 18.3. The van der Waals surface area contributed by atoms with Gasteiger partial charge in [-0.3, -0.25) is 14.2 Å². The number of ether oxygens (including phenoxy) is 1. The van der Waals surface area contributed by atoms with E-state index in [0.29, 0.717) is 39.7 Å². The molecule has 0 aliphatic heterocycles. The van der Waals surface area contributed by atoms with E-state index in [1.165, 1.54) is 17.3 Å². The number of hydrogen-bond donors (Lipinski definition) is 0. The molecule has 0 aliphatic rings. The Balaban J connectivity index is 1.74. The van der Waals surface area contributed by atoms with Crippen molar-refractivity contribution in [3.8, 4) is 5.75 Å². The van der Waals surface area contributed by atoms with Crippen LogP contribution in [0.5, 0.6) is 5.75 Å². The number of aromatic nitrogens is 2. The lowest BCUT2D eigenvalue weighted by molar-refractivity contribution is 0.101. The Morgan fingerprint density at radius 1 is 1.06 bits per heavy atom. The molecule has 0 saturated heterocycles. The van der Waals surface area contributed by atoms with Gasteiger partial charge < -0.3 is 4.74 Å². The molecule has 6 heteroatoms. The number of fused-ring (bicyclic) bond motifs is 1. The van der Waals surface area contributed by atoms with E-state index >= 15 is 0 Å². The van der Waals surface area contributed by atoms with Gasteiger partial charge in [-0.15, -0.1) is 0 Å². The molecule has 3 aromatic carbocycles. The molecular weight excluding hydrogens is 420 g/mol. The van der Waals surface area contributed by atoms with Gasteiger partial charge in [0.1, 0.15) is 5.75 Å². The first-order valence-electron chi connectivity index (χ1n) is 10.3. The standard InChI is InChI=1S/C26H24N2O3S/c1-17-8-10-19(11-9-17)15-28-25(30)22-6-4-5-7-23(22)27-26(28)32-16-21-14-20(18(2)29)12-13-24(21)31-3/h4-14H,15-16H2,1-3H3. The Kier molecular flexibility index (Phi) is 6.42. The van der Waals surface area contributed by atoms with Crippen molar-refractivity contribution < 1.29 is 9.53 Å². The minimum absolute atomic E-state index is 0.000914. The first-order valence-corrected chi connectivity index (χ1v) is 11.3. The van der Waals surface area contributed by atoms with E-state index in [1.807, 2.05) is 61.5 Å². The number of aryl methyl sites for hydroxylation is 1. The van der Waals surface area contributed by atoms with Crippen molar-refractivity contribution in [1.29, 1.82) is 0 Å². The molecule has 0 N–H and O–H groups in total. The molecule has 0 unspecified atom stereocenters. The molecule has 0 fully saturated rings. The second-order valence-corrected chi connectivity index (χ2v) is 8.60. The molecule has 0 spiro atoms. The van der Waals surface area contributed by atoms with Gasteiger partial charge in [-0.25, -0.2) is 4.98 Å². The van der Waals surface area contributed by atoms with Crippen LogP contribution < -0.4 is 10.3 Å². The Labute approximate surface area is 191 Å². The number of rotatable bonds is 7. The van der Waals surface area contributed by atoms with Crippen molar-refractivity contribution >= 4 is 28.4 Å². The molecule has 32 heavy (non-hydrogen) atoms. The molecule has 0 saturated carbocycles. The zero-order valence-corrected chi connectivity index (χ0v) is 19.1. The summed E-state index contributed by atoms with van der Waals surface area (Å²) in [4.78, 5) is 30.0. The van der Waals surface area contributed by atoms with E-state index in [0.717, 1.165) is 11.1 Å². The van der Waals surface area contributed by atoms with Crippen LogP contribution in [0.15, 0.2) is 76.7 Å². The molecule has 0 amide bonds. The van der Waals surface area contributed by atoms with Crippen molar-refractivity contribution in [3.05, 3.63) is 99.3 Å². The first kappa shape index (κ1) is 21.8. The minimum Gasteiger partial charge on any atom is -0.496 e. The number of Topliss-reactive ketones (excluding diaryl/α,β-unsaturated/α-hetero) is 1. The Morgan fingerprint density at radius 3 is 2.53 bits per heavy atom. The lowest BCUT2D eigenvalue weighted by atomic mass is 10.1. The summed E-state index contributed by atoms with van der Waals surface area (Å²) in [5, 5.41) is 1.23. The molecule has 1 heterocycles. The van der Waals surface area contributed by atoms with Gasteiger partial charge in [-0.05, 0) is 49.7 Å². The summed E-state index contributed by atoms with van der Waals surface area (Å²) in [5.41, 5.74) is 4.32. The monoisotopic (exact) mass is 444 g/mol. The number of para-hydroxylation sites is 1. The third-order valence-corrected chi connectivity index (χ3v) is 6.36. The molecule has 0 atom stereocenters. The largest absolute Gasteiger partial charge is 0.496 e. The van der Waals surface area contributed by atoms with Crippen LogP contribution in [-0.4, -0.2) is 22.4 Å². The van der Waals surface area contributed by atoms with Crippen LogP contribution in [0.4, 0.5) is 0 Å². The van der Waals surface area contributed by atoms with Crippen LogP contribution in [0, 0.1) is 6.92 Å². The van der Waals surface area contributed by atoms with Crippen LogP contribution >= 0.6 is 11.8 Å². The second kappa shape index (κ2) is 9.40. The molecule has 4 aromatic rings. The van der Waals surface area contributed by atoms with Gasteiger partial charge in [-0.2, -0.15) is 0 Å². The van der Waals surface area contributed by atoms with E-state index < -0.39 is 0 Å². The maximum absolute atomic E-state index is 13.3. The SMILES string of the molecule is COc1ccc(C(C)=O)cc1CSc1nc2ccccc2c(=O)n1Cc1ccc(C)cc1. The van der Waals surface area contributed by atoms with Crippen molar-refractivity contribution in [2.24, 2.45) is 0 Å². The average molecular weight is 445 g/mol. The predicted octanol–water partition coefficient (Wildman–Crippen LogP) is 5.26. The van der Waals surface area contributed by atoms with Crippen molar-refractivity contribution in [2.45, 2.75) is 31.3 Å². The summed E-state index contributed by atoms with van der Waals surface area (Å²) in [6.45, 7) is 4.02. The molecule has 4 rings (SSSR count). The van der Waals surface area contributed by atoms with Crippen LogP contribution in [-0.2, 0) is 12.3 Å². The molecular formula is C26H24N2O3S. The molecule has 5 nitrogen and oxygen atoms in total. The quantitative estimate of drug-likeness (QED) is 0.221. The number of nitrogens with zero attached hydrogens (tertiary/aromatic N) is 2. The van der Waals surface area contributed by atoms with Gasteiger partial charge in [-0.1, -0.05) is 53.7 Å². The third-order valence-electron chi connectivity index (χ3n) is 5.33. The Hall–Kier alpha value is -3.38.